The number of ether oxygens (including phenoxy) is 1. The van der Waals surface area contributed by atoms with Crippen LogP contribution in [-0.2, 0) is 4.74 Å². The third kappa shape index (κ3) is 3.39. The van der Waals surface area contributed by atoms with Gasteiger partial charge in [-0.05, 0) is 52.4 Å². The van der Waals surface area contributed by atoms with E-state index in [0.29, 0.717) is 25.3 Å². The number of aromatic nitrogens is 1. The minimum atomic E-state index is -0.333. The molecule has 1 amide bonds. The normalized spacial score (nSPS) is 17.5. The Hall–Kier alpha value is -1.66. The highest BCUT2D eigenvalue weighted by atomic mass is 16.5. The van der Waals surface area contributed by atoms with Gasteiger partial charge in [-0.1, -0.05) is 0 Å². The van der Waals surface area contributed by atoms with Crippen LogP contribution in [0, 0.1) is 13.8 Å². The van der Waals surface area contributed by atoms with E-state index in [2.05, 4.69) is 15.2 Å². The maximum atomic E-state index is 12.4. The van der Waals surface area contributed by atoms with Gasteiger partial charge in [-0.2, -0.15) is 0 Å². The molecule has 6 nitrogen and oxygen atoms in total. The van der Waals surface area contributed by atoms with Crippen molar-refractivity contribution in [2.75, 3.05) is 33.9 Å². The Morgan fingerprint density at radius 3 is 2.55 bits per heavy atom. The molecule has 0 aromatic carbocycles. The van der Waals surface area contributed by atoms with E-state index < -0.39 is 0 Å². The number of pyridine rings is 1. The first kappa shape index (κ1) is 16.7. The first-order valence-corrected chi connectivity index (χ1v) is 7.60. The van der Waals surface area contributed by atoms with Crippen molar-refractivity contribution in [2.45, 2.75) is 32.2 Å². The smallest absolute Gasteiger partial charge is 0.261 e. The molecule has 1 saturated heterocycles. The van der Waals surface area contributed by atoms with Gasteiger partial charge in [-0.25, -0.2) is 0 Å². The second-order valence-electron chi connectivity index (χ2n) is 6.25. The van der Waals surface area contributed by atoms with Crippen molar-refractivity contribution in [1.29, 1.82) is 0 Å². The predicted molar refractivity (Wildman–Crippen MR) is 85.3 cm³/mol. The highest BCUT2D eigenvalue weighted by Crippen LogP contribution is 2.25. The van der Waals surface area contributed by atoms with Crippen LogP contribution in [0.3, 0.4) is 0 Å². The minimum Gasteiger partial charge on any atom is -0.381 e. The second-order valence-corrected chi connectivity index (χ2v) is 6.25. The molecule has 0 radical (unpaired) electrons. The Kier molecular flexibility index (Phi) is 5.03. The monoisotopic (exact) mass is 307 g/mol. The summed E-state index contributed by atoms with van der Waals surface area (Å²) in [5.74, 6) is -0.313. The number of aryl methyl sites for hydroxylation is 2. The first-order chi connectivity index (χ1) is 10.4. The lowest BCUT2D eigenvalue weighted by molar-refractivity contribution is -0.00659. The number of aromatic amines is 1. The summed E-state index contributed by atoms with van der Waals surface area (Å²) in [6, 6.07) is 1.81. The molecule has 2 rings (SSSR count). The Balaban J connectivity index is 2.14. The standard InChI is InChI=1S/C16H25N3O3/c1-11-9-12(2)18-15(21)13(11)14(20)17-10-16(19(3)4)5-7-22-8-6-16/h9H,5-8,10H2,1-4H3,(H,17,20)(H,18,21). The number of nitrogens with zero attached hydrogens (tertiary/aromatic N) is 1. The summed E-state index contributed by atoms with van der Waals surface area (Å²) in [5.41, 5.74) is 1.21. The van der Waals surface area contributed by atoms with Crippen LogP contribution in [0.2, 0.25) is 0 Å². The minimum absolute atomic E-state index is 0.112. The molecular formula is C16H25N3O3. The number of hydrogen-bond donors (Lipinski definition) is 2. The van der Waals surface area contributed by atoms with E-state index in [-0.39, 0.29) is 22.6 Å². The Labute approximate surface area is 130 Å². The van der Waals surface area contributed by atoms with Crippen molar-refractivity contribution in [3.05, 3.63) is 33.2 Å². The summed E-state index contributed by atoms with van der Waals surface area (Å²) in [4.78, 5) is 29.3. The summed E-state index contributed by atoms with van der Waals surface area (Å²) < 4.78 is 5.42. The van der Waals surface area contributed by atoms with Gasteiger partial charge in [0.15, 0.2) is 0 Å². The molecule has 0 spiro atoms. The third-order valence-corrected chi connectivity index (χ3v) is 4.54. The zero-order valence-corrected chi connectivity index (χ0v) is 13.8. The first-order valence-electron chi connectivity index (χ1n) is 7.60. The summed E-state index contributed by atoms with van der Waals surface area (Å²) in [7, 11) is 4.03. The largest absolute Gasteiger partial charge is 0.381 e. The van der Waals surface area contributed by atoms with Crippen LogP contribution in [0.5, 0.6) is 0 Å². The highest BCUT2D eigenvalue weighted by molar-refractivity contribution is 5.95. The maximum Gasteiger partial charge on any atom is 0.261 e. The van der Waals surface area contributed by atoms with Crippen LogP contribution in [0.1, 0.15) is 34.5 Å². The van der Waals surface area contributed by atoms with E-state index in [9.17, 15) is 9.59 Å². The average molecular weight is 307 g/mol. The number of carbonyl (C=O) groups is 1. The van der Waals surface area contributed by atoms with E-state index in [0.717, 1.165) is 18.5 Å². The molecule has 22 heavy (non-hydrogen) atoms. The van der Waals surface area contributed by atoms with Crippen molar-refractivity contribution >= 4 is 5.91 Å². The van der Waals surface area contributed by atoms with E-state index in [1.54, 1.807) is 13.8 Å². The van der Waals surface area contributed by atoms with Crippen LogP contribution in [-0.4, -0.2) is 55.2 Å². The van der Waals surface area contributed by atoms with Crippen LogP contribution < -0.4 is 10.9 Å². The summed E-state index contributed by atoms with van der Waals surface area (Å²) in [5, 5.41) is 2.94. The number of H-pyrrole nitrogens is 1. The van der Waals surface area contributed by atoms with Gasteiger partial charge in [0.1, 0.15) is 5.56 Å². The third-order valence-electron chi connectivity index (χ3n) is 4.54. The van der Waals surface area contributed by atoms with E-state index >= 15 is 0 Å². The average Bonchev–Trinajstić information content (AvgIpc) is 2.45. The molecular weight excluding hydrogens is 282 g/mol. The van der Waals surface area contributed by atoms with Crippen molar-refractivity contribution in [2.24, 2.45) is 0 Å². The Morgan fingerprint density at radius 2 is 2.00 bits per heavy atom. The zero-order chi connectivity index (χ0) is 16.3. The van der Waals surface area contributed by atoms with Crippen molar-refractivity contribution in [3.8, 4) is 0 Å². The molecule has 0 unspecified atom stereocenters. The number of hydrogen-bond acceptors (Lipinski definition) is 4. The van der Waals surface area contributed by atoms with Gasteiger partial charge in [-0.15, -0.1) is 0 Å². The van der Waals surface area contributed by atoms with Crippen molar-refractivity contribution in [1.82, 2.24) is 15.2 Å². The second kappa shape index (κ2) is 6.62. The fourth-order valence-corrected chi connectivity index (χ4v) is 3.00. The lowest BCUT2D eigenvalue weighted by atomic mass is 9.88. The van der Waals surface area contributed by atoms with E-state index in [1.165, 1.54) is 0 Å². The fourth-order valence-electron chi connectivity index (χ4n) is 3.00. The molecule has 2 N–H and O–H groups in total. The Morgan fingerprint density at radius 1 is 1.36 bits per heavy atom. The fraction of sp³-hybridized carbons (Fsp3) is 0.625. The van der Waals surface area contributed by atoms with Gasteiger partial charge < -0.3 is 19.9 Å². The molecule has 122 valence electrons. The summed E-state index contributed by atoms with van der Waals surface area (Å²) in [6.45, 7) is 5.48. The van der Waals surface area contributed by atoms with Gasteiger partial charge in [-0.3, -0.25) is 9.59 Å². The highest BCUT2D eigenvalue weighted by Gasteiger charge is 2.35. The molecule has 0 atom stereocenters. The van der Waals surface area contributed by atoms with E-state index in [4.69, 9.17) is 4.74 Å². The van der Waals surface area contributed by atoms with Crippen LogP contribution >= 0.6 is 0 Å². The number of amides is 1. The molecule has 0 saturated carbocycles. The quantitative estimate of drug-likeness (QED) is 0.864. The molecule has 0 bridgehead atoms. The lowest BCUT2D eigenvalue weighted by Crippen LogP contribution is -2.56. The molecule has 1 aliphatic rings. The summed E-state index contributed by atoms with van der Waals surface area (Å²) in [6.07, 6.45) is 1.73. The molecule has 1 aliphatic heterocycles. The summed E-state index contributed by atoms with van der Waals surface area (Å²) >= 11 is 0. The van der Waals surface area contributed by atoms with Crippen LogP contribution in [0.25, 0.3) is 0 Å². The molecule has 1 fully saturated rings. The number of rotatable bonds is 4. The Bertz CT molecular complexity index is 601. The van der Waals surface area contributed by atoms with Gasteiger partial charge in [0.25, 0.3) is 11.5 Å². The number of likely N-dealkylation sites (N-methyl/N-ethyl adjacent to an activating group) is 1. The molecule has 0 aliphatic carbocycles. The predicted octanol–water partition coefficient (Wildman–Crippen LogP) is 0.832. The van der Waals surface area contributed by atoms with Crippen LogP contribution in [0.4, 0.5) is 0 Å². The zero-order valence-electron chi connectivity index (χ0n) is 13.8. The number of carbonyl (C=O) groups excluding carboxylic acids is 1. The van der Waals surface area contributed by atoms with Gasteiger partial charge in [0, 0.05) is 31.0 Å². The number of nitrogens with one attached hydrogen (secondary N) is 2. The van der Waals surface area contributed by atoms with Crippen LogP contribution in [0.15, 0.2) is 10.9 Å². The lowest BCUT2D eigenvalue weighted by Gasteiger charge is -2.42. The van der Waals surface area contributed by atoms with Crippen molar-refractivity contribution in [3.63, 3.8) is 0 Å². The van der Waals surface area contributed by atoms with Crippen molar-refractivity contribution < 1.29 is 9.53 Å². The topological polar surface area (TPSA) is 74.4 Å². The van der Waals surface area contributed by atoms with Gasteiger partial charge in [0.2, 0.25) is 0 Å². The van der Waals surface area contributed by atoms with Gasteiger partial charge >= 0.3 is 0 Å². The molecule has 6 heteroatoms. The molecule has 1 aromatic rings. The SMILES string of the molecule is Cc1cc(C)c(C(=O)NCC2(N(C)C)CCOCC2)c(=O)[nH]1. The van der Waals surface area contributed by atoms with E-state index in [1.807, 2.05) is 20.2 Å². The molecule has 2 heterocycles. The van der Waals surface area contributed by atoms with Gasteiger partial charge in [0.05, 0.1) is 0 Å². The molecule has 1 aromatic heterocycles. The maximum absolute atomic E-state index is 12.4.